The van der Waals surface area contributed by atoms with Gasteiger partial charge in [0.25, 0.3) is 5.69 Å². The van der Waals surface area contributed by atoms with Gasteiger partial charge in [-0.2, -0.15) is 0 Å². The van der Waals surface area contributed by atoms with Crippen molar-refractivity contribution in [1.29, 1.82) is 0 Å². The Morgan fingerprint density at radius 1 is 1.47 bits per heavy atom. The molecule has 0 aromatic heterocycles. The number of nitro benzene ring substituents is 1. The minimum atomic E-state index is -0.515. The van der Waals surface area contributed by atoms with Crippen LogP contribution in [-0.2, 0) is 0 Å². The van der Waals surface area contributed by atoms with Crippen LogP contribution < -0.4 is 10.5 Å². The van der Waals surface area contributed by atoms with E-state index in [-0.39, 0.29) is 31.2 Å². The van der Waals surface area contributed by atoms with Gasteiger partial charge in [-0.15, -0.1) is 12.4 Å². The third kappa shape index (κ3) is 5.28. The lowest BCUT2D eigenvalue weighted by Gasteiger charge is -2.03. The largest absolute Gasteiger partial charge is 0.487 e. The van der Waals surface area contributed by atoms with Gasteiger partial charge in [0.15, 0.2) is 0 Å². The molecule has 7 heteroatoms. The molecule has 0 saturated carbocycles. The molecule has 0 fully saturated rings. The molecule has 0 heterocycles. The Morgan fingerprint density at radius 3 is 2.53 bits per heavy atom. The molecule has 5 nitrogen and oxygen atoms in total. The summed E-state index contributed by atoms with van der Waals surface area (Å²) in [5, 5.41) is 10.3. The zero-order valence-electron chi connectivity index (χ0n) is 8.84. The molecule has 2 N–H and O–H groups in total. The standard InChI is InChI=1S/C10H11FN2O3.ClH/c11-8(5-6-12)7-16-10-3-1-9(2-4-10)13(14)15;/h1-5H,6-7,12H2;1H/b8-5+;. The van der Waals surface area contributed by atoms with Crippen LogP contribution >= 0.6 is 12.4 Å². The van der Waals surface area contributed by atoms with E-state index in [9.17, 15) is 14.5 Å². The number of halogens is 2. The molecule has 1 aromatic carbocycles. The van der Waals surface area contributed by atoms with E-state index in [1.807, 2.05) is 0 Å². The first-order chi connectivity index (χ1) is 7.63. The predicted molar refractivity (Wildman–Crippen MR) is 64.1 cm³/mol. The minimum absolute atomic E-state index is 0. The summed E-state index contributed by atoms with van der Waals surface area (Å²) in [7, 11) is 0. The molecule has 0 bridgehead atoms. The van der Waals surface area contributed by atoms with Gasteiger partial charge in [-0.25, -0.2) is 4.39 Å². The monoisotopic (exact) mass is 262 g/mol. The fourth-order valence-electron chi connectivity index (χ4n) is 1.00. The SMILES string of the molecule is Cl.NC/C=C(/F)COc1ccc([N+](=O)[O-])cc1. The number of ether oxygens (including phenoxy) is 1. The van der Waals surface area contributed by atoms with Gasteiger partial charge >= 0.3 is 0 Å². The fourth-order valence-corrected chi connectivity index (χ4v) is 1.00. The van der Waals surface area contributed by atoms with E-state index in [1.165, 1.54) is 30.3 Å². The normalized spacial score (nSPS) is 10.6. The van der Waals surface area contributed by atoms with Crippen LogP contribution in [0.3, 0.4) is 0 Å². The molecule has 17 heavy (non-hydrogen) atoms. The van der Waals surface area contributed by atoms with E-state index in [2.05, 4.69) is 0 Å². The molecule has 1 aromatic rings. The van der Waals surface area contributed by atoms with Crippen LogP contribution in [0.1, 0.15) is 0 Å². The highest BCUT2D eigenvalue weighted by Crippen LogP contribution is 2.17. The summed E-state index contributed by atoms with van der Waals surface area (Å²) in [5.41, 5.74) is 5.07. The first kappa shape index (κ1) is 15.3. The van der Waals surface area contributed by atoms with Crippen molar-refractivity contribution in [1.82, 2.24) is 0 Å². The quantitative estimate of drug-likeness (QED) is 0.652. The van der Waals surface area contributed by atoms with Crippen LogP contribution in [-0.4, -0.2) is 18.1 Å². The number of nitrogens with zero attached hydrogens (tertiary/aromatic N) is 1. The number of nitro groups is 1. The summed E-state index contributed by atoms with van der Waals surface area (Å²) in [4.78, 5) is 9.83. The van der Waals surface area contributed by atoms with Crippen molar-refractivity contribution in [3.63, 3.8) is 0 Å². The smallest absolute Gasteiger partial charge is 0.269 e. The number of hydrogen-bond donors (Lipinski definition) is 1. The molecule has 0 radical (unpaired) electrons. The second-order valence-electron chi connectivity index (χ2n) is 2.93. The van der Waals surface area contributed by atoms with Crippen LogP contribution in [0.5, 0.6) is 5.75 Å². The molecule has 1 rings (SSSR count). The summed E-state index contributed by atoms with van der Waals surface area (Å²) in [6.07, 6.45) is 1.20. The molecule has 94 valence electrons. The van der Waals surface area contributed by atoms with Gasteiger partial charge in [0.2, 0.25) is 0 Å². The Kier molecular flexibility index (Phi) is 6.85. The minimum Gasteiger partial charge on any atom is -0.487 e. The van der Waals surface area contributed by atoms with Crippen LogP contribution in [0, 0.1) is 10.1 Å². The van der Waals surface area contributed by atoms with E-state index in [4.69, 9.17) is 10.5 Å². The lowest BCUT2D eigenvalue weighted by atomic mass is 10.3. The van der Waals surface area contributed by atoms with Gasteiger partial charge in [-0.1, -0.05) is 0 Å². The summed E-state index contributed by atoms with van der Waals surface area (Å²) in [5.74, 6) is -0.105. The Bertz CT molecular complexity index is 395. The van der Waals surface area contributed by atoms with Gasteiger partial charge < -0.3 is 10.5 Å². The topological polar surface area (TPSA) is 78.4 Å². The zero-order valence-corrected chi connectivity index (χ0v) is 9.65. The number of benzene rings is 1. The van der Waals surface area contributed by atoms with Crippen LogP contribution in [0.15, 0.2) is 36.2 Å². The van der Waals surface area contributed by atoms with Crippen molar-refractivity contribution < 1.29 is 14.1 Å². The van der Waals surface area contributed by atoms with Crippen LogP contribution in [0.4, 0.5) is 10.1 Å². The van der Waals surface area contributed by atoms with E-state index >= 15 is 0 Å². The number of hydrogen-bond acceptors (Lipinski definition) is 4. The third-order valence-electron chi connectivity index (χ3n) is 1.76. The van der Waals surface area contributed by atoms with E-state index < -0.39 is 10.8 Å². The molecule has 0 aliphatic carbocycles. The highest BCUT2D eigenvalue weighted by Gasteiger charge is 2.04. The maximum absolute atomic E-state index is 12.8. The van der Waals surface area contributed by atoms with Crippen molar-refractivity contribution in [3.8, 4) is 5.75 Å². The van der Waals surface area contributed by atoms with Crippen molar-refractivity contribution in [3.05, 3.63) is 46.3 Å². The Morgan fingerprint density at radius 2 is 2.06 bits per heavy atom. The number of nitrogens with two attached hydrogens (primary N) is 1. The van der Waals surface area contributed by atoms with Gasteiger partial charge in [0.05, 0.1) is 4.92 Å². The van der Waals surface area contributed by atoms with Crippen molar-refractivity contribution in [2.75, 3.05) is 13.2 Å². The molecule has 0 unspecified atom stereocenters. The van der Waals surface area contributed by atoms with E-state index in [1.54, 1.807) is 0 Å². The number of non-ortho nitro benzene ring substituents is 1. The third-order valence-corrected chi connectivity index (χ3v) is 1.76. The van der Waals surface area contributed by atoms with Crippen molar-refractivity contribution in [2.24, 2.45) is 5.73 Å². The summed E-state index contributed by atoms with van der Waals surface area (Å²) in [6, 6.07) is 5.40. The maximum Gasteiger partial charge on any atom is 0.269 e. The molecule has 0 amide bonds. The molecule has 0 atom stereocenters. The Hall–Kier alpha value is -1.66. The molecule has 0 spiro atoms. The Balaban J connectivity index is 0.00000256. The summed E-state index contributed by atoms with van der Waals surface area (Å²) >= 11 is 0. The van der Waals surface area contributed by atoms with Crippen molar-refractivity contribution >= 4 is 18.1 Å². The van der Waals surface area contributed by atoms with Crippen LogP contribution in [0.2, 0.25) is 0 Å². The molecule has 0 aliphatic rings. The first-order valence-electron chi connectivity index (χ1n) is 4.55. The average molecular weight is 263 g/mol. The fraction of sp³-hybridized carbons (Fsp3) is 0.200. The lowest BCUT2D eigenvalue weighted by Crippen LogP contribution is -2.01. The van der Waals surface area contributed by atoms with E-state index in [0.29, 0.717) is 5.75 Å². The van der Waals surface area contributed by atoms with Crippen molar-refractivity contribution in [2.45, 2.75) is 0 Å². The molecular formula is C10H12ClFN2O3. The first-order valence-corrected chi connectivity index (χ1v) is 4.55. The second kappa shape index (κ2) is 7.59. The predicted octanol–water partition coefficient (Wildman–Crippen LogP) is 2.21. The average Bonchev–Trinajstić information content (AvgIpc) is 2.27. The summed E-state index contributed by atoms with van der Waals surface area (Å²) < 4.78 is 17.9. The second-order valence-corrected chi connectivity index (χ2v) is 2.93. The molecule has 0 aliphatic heterocycles. The summed E-state index contributed by atoms with van der Waals surface area (Å²) in [6.45, 7) is -0.121. The number of rotatable bonds is 5. The highest BCUT2D eigenvalue weighted by molar-refractivity contribution is 5.85. The van der Waals surface area contributed by atoms with Crippen LogP contribution in [0.25, 0.3) is 0 Å². The van der Waals surface area contributed by atoms with Gasteiger partial charge in [0, 0.05) is 18.7 Å². The maximum atomic E-state index is 12.8. The molecular weight excluding hydrogens is 251 g/mol. The lowest BCUT2D eigenvalue weighted by molar-refractivity contribution is -0.384. The Labute approximate surface area is 104 Å². The highest BCUT2D eigenvalue weighted by atomic mass is 35.5. The van der Waals surface area contributed by atoms with Gasteiger partial charge in [-0.3, -0.25) is 10.1 Å². The van der Waals surface area contributed by atoms with Gasteiger partial charge in [-0.05, 0) is 18.2 Å². The molecule has 0 saturated heterocycles. The zero-order chi connectivity index (χ0) is 12.0. The van der Waals surface area contributed by atoms with E-state index in [0.717, 1.165) is 0 Å². The van der Waals surface area contributed by atoms with Gasteiger partial charge in [0.1, 0.15) is 18.2 Å².